The van der Waals surface area contributed by atoms with Crippen molar-refractivity contribution in [3.05, 3.63) is 84.1 Å². The third-order valence-corrected chi connectivity index (χ3v) is 6.26. The van der Waals surface area contributed by atoms with E-state index in [0.717, 1.165) is 32.1 Å². The van der Waals surface area contributed by atoms with Gasteiger partial charge in [0.1, 0.15) is 12.1 Å². The minimum atomic E-state index is -1.21. The summed E-state index contributed by atoms with van der Waals surface area (Å²) in [5.74, 6) is -0.806. The smallest absolute Gasteiger partial charge is 0.325 e. The molecule has 0 aliphatic carbocycles. The quantitative estimate of drug-likeness (QED) is 0.401. The van der Waals surface area contributed by atoms with Crippen LogP contribution in [-0.2, 0) is 21.5 Å². The van der Waals surface area contributed by atoms with Gasteiger partial charge in [0.2, 0.25) is 5.91 Å². The molecule has 33 heavy (non-hydrogen) atoms. The molecule has 1 aliphatic heterocycles. The molecule has 1 aromatic heterocycles. The molecule has 1 unspecified atom stereocenters. The Bertz CT molecular complexity index is 1390. The molecule has 7 heteroatoms. The van der Waals surface area contributed by atoms with Gasteiger partial charge in [-0.3, -0.25) is 14.5 Å². The first-order valence-corrected chi connectivity index (χ1v) is 10.9. The maximum atomic E-state index is 13.2. The fourth-order valence-electron chi connectivity index (χ4n) is 4.34. The molecule has 0 saturated carbocycles. The molecular formula is C26H24N4O3. The van der Waals surface area contributed by atoms with Gasteiger partial charge in [-0.15, -0.1) is 0 Å². The van der Waals surface area contributed by atoms with E-state index in [4.69, 9.17) is 0 Å². The lowest BCUT2D eigenvalue weighted by Crippen LogP contribution is -2.43. The number of carbonyl (C=O) groups excluding carboxylic acids is 3. The van der Waals surface area contributed by atoms with Crippen molar-refractivity contribution in [1.82, 2.24) is 20.5 Å². The second kappa shape index (κ2) is 8.09. The van der Waals surface area contributed by atoms with Crippen LogP contribution in [0.15, 0.2) is 72.9 Å². The molecule has 3 N–H and O–H groups in total. The Morgan fingerprint density at radius 1 is 0.970 bits per heavy atom. The third kappa shape index (κ3) is 3.82. The highest BCUT2D eigenvalue weighted by Gasteiger charge is 2.49. The number of imide groups is 1. The van der Waals surface area contributed by atoms with E-state index in [1.165, 1.54) is 0 Å². The number of aromatic nitrogens is 1. The summed E-state index contributed by atoms with van der Waals surface area (Å²) in [7, 11) is 0. The van der Waals surface area contributed by atoms with Crippen LogP contribution in [0.3, 0.4) is 0 Å². The average Bonchev–Trinajstić information content (AvgIpc) is 3.37. The van der Waals surface area contributed by atoms with Gasteiger partial charge in [-0.1, -0.05) is 42.5 Å². The van der Waals surface area contributed by atoms with Crippen molar-refractivity contribution >= 4 is 39.5 Å². The van der Waals surface area contributed by atoms with Crippen LogP contribution < -0.4 is 10.6 Å². The number of hydrogen-bond donors (Lipinski definition) is 3. The molecule has 1 fully saturated rings. The average molecular weight is 441 g/mol. The lowest BCUT2D eigenvalue weighted by Gasteiger charge is -2.22. The Kier molecular flexibility index (Phi) is 5.09. The van der Waals surface area contributed by atoms with Gasteiger partial charge >= 0.3 is 6.03 Å². The van der Waals surface area contributed by atoms with Crippen LogP contribution >= 0.6 is 0 Å². The fraction of sp³-hybridized carbons (Fsp3) is 0.192. The maximum Gasteiger partial charge on any atom is 0.325 e. The second-order valence-corrected chi connectivity index (χ2v) is 8.51. The van der Waals surface area contributed by atoms with Crippen molar-refractivity contribution in [1.29, 1.82) is 0 Å². The van der Waals surface area contributed by atoms with Gasteiger partial charge in [-0.05, 0) is 64.9 Å². The Balaban J connectivity index is 1.23. The van der Waals surface area contributed by atoms with E-state index in [9.17, 15) is 14.4 Å². The van der Waals surface area contributed by atoms with Crippen LogP contribution in [0.5, 0.6) is 0 Å². The Hall–Kier alpha value is -4.13. The number of fused-ring (bicyclic) bond motifs is 2. The fourth-order valence-corrected chi connectivity index (χ4v) is 4.34. The third-order valence-electron chi connectivity index (χ3n) is 6.26. The first-order chi connectivity index (χ1) is 15.9. The summed E-state index contributed by atoms with van der Waals surface area (Å²) < 4.78 is 0. The molecule has 4 amide bonds. The summed E-state index contributed by atoms with van der Waals surface area (Å²) in [5.41, 5.74) is 1.63. The minimum Gasteiger partial charge on any atom is -0.361 e. The number of H-pyrrole nitrogens is 1. The first kappa shape index (κ1) is 20.8. The molecule has 4 aromatic rings. The van der Waals surface area contributed by atoms with E-state index in [0.29, 0.717) is 18.5 Å². The number of nitrogens with zero attached hydrogens (tertiary/aromatic N) is 1. The lowest BCUT2D eigenvalue weighted by molar-refractivity contribution is -0.134. The van der Waals surface area contributed by atoms with Gasteiger partial charge in [-0.2, -0.15) is 0 Å². The van der Waals surface area contributed by atoms with Crippen LogP contribution in [0.25, 0.3) is 21.7 Å². The highest BCUT2D eigenvalue weighted by atomic mass is 16.2. The zero-order valence-corrected chi connectivity index (χ0v) is 18.2. The molecule has 3 aromatic carbocycles. The standard InChI is InChI=1S/C26H24N4O3/c1-26(21-8-7-18-4-2-3-5-19(18)15-21)24(32)30(25(33)29-26)16-23(31)28-12-10-17-6-9-22-20(14-17)11-13-27-22/h2-9,11,13-15,27H,10,12,16H2,1H3,(H,28,31)(H,29,33). The van der Waals surface area contributed by atoms with Crippen molar-refractivity contribution in [2.75, 3.05) is 13.1 Å². The Morgan fingerprint density at radius 2 is 1.79 bits per heavy atom. The summed E-state index contributed by atoms with van der Waals surface area (Å²) >= 11 is 0. The molecule has 0 bridgehead atoms. The van der Waals surface area contributed by atoms with Gasteiger partial charge in [0.15, 0.2) is 0 Å². The highest BCUT2D eigenvalue weighted by Crippen LogP contribution is 2.30. The van der Waals surface area contributed by atoms with E-state index >= 15 is 0 Å². The summed E-state index contributed by atoms with van der Waals surface area (Å²) in [4.78, 5) is 42.4. The molecule has 2 heterocycles. The molecule has 1 atom stereocenters. The lowest BCUT2D eigenvalue weighted by atomic mass is 9.90. The molecular weight excluding hydrogens is 416 g/mol. The van der Waals surface area contributed by atoms with Crippen molar-refractivity contribution in [3.8, 4) is 0 Å². The summed E-state index contributed by atoms with van der Waals surface area (Å²) in [6, 6.07) is 21.0. The number of aromatic amines is 1. The van der Waals surface area contributed by atoms with Gasteiger partial charge in [-0.25, -0.2) is 4.79 Å². The molecule has 0 radical (unpaired) electrons. The van der Waals surface area contributed by atoms with Crippen LogP contribution in [-0.4, -0.2) is 40.8 Å². The maximum absolute atomic E-state index is 13.2. The number of carbonyl (C=O) groups is 3. The van der Waals surface area contributed by atoms with Crippen LogP contribution in [0.4, 0.5) is 4.79 Å². The number of benzene rings is 3. The SMILES string of the molecule is CC1(c2ccc3ccccc3c2)NC(=O)N(CC(=O)NCCc2ccc3[nH]ccc3c2)C1=O. The predicted octanol–water partition coefficient (Wildman–Crippen LogP) is 3.45. The van der Waals surface area contributed by atoms with Crippen molar-refractivity contribution < 1.29 is 14.4 Å². The predicted molar refractivity (Wildman–Crippen MR) is 127 cm³/mol. The molecule has 1 aliphatic rings. The van der Waals surface area contributed by atoms with Gasteiger partial charge in [0.25, 0.3) is 5.91 Å². The van der Waals surface area contributed by atoms with Crippen LogP contribution in [0.2, 0.25) is 0 Å². The zero-order valence-electron chi connectivity index (χ0n) is 18.2. The van der Waals surface area contributed by atoms with E-state index in [2.05, 4.69) is 21.7 Å². The van der Waals surface area contributed by atoms with Crippen LogP contribution in [0.1, 0.15) is 18.1 Å². The first-order valence-electron chi connectivity index (χ1n) is 10.9. The number of amides is 4. The van der Waals surface area contributed by atoms with Gasteiger partial charge in [0.05, 0.1) is 0 Å². The van der Waals surface area contributed by atoms with Crippen LogP contribution in [0, 0.1) is 0 Å². The zero-order chi connectivity index (χ0) is 23.0. The second-order valence-electron chi connectivity index (χ2n) is 8.51. The van der Waals surface area contributed by atoms with E-state index in [1.54, 1.807) is 6.92 Å². The molecule has 7 nitrogen and oxygen atoms in total. The number of hydrogen-bond acceptors (Lipinski definition) is 3. The number of rotatable bonds is 6. The summed E-state index contributed by atoms with van der Waals surface area (Å²) in [6.07, 6.45) is 2.54. The molecule has 5 rings (SSSR count). The van der Waals surface area contributed by atoms with E-state index < -0.39 is 17.5 Å². The van der Waals surface area contributed by atoms with Crippen molar-refractivity contribution in [2.45, 2.75) is 18.9 Å². The molecule has 0 spiro atoms. The summed E-state index contributed by atoms with van der Waals surface area (Å²) in [5, 5.41) is 8.72. The topological polar surface area (TPSA) is 94.3 Å². The Morgan fingerprint density at radius 3 is 2.64 bits per heavy atom. The molecule has 1 saturated heterocycles. The monoisotopic (exact) mass is 440 g/mol. The largest absolute Gasteiger partial charge is 0.361 e. The minimum absolute atomic E-state index is 0.315. The van der Waals surface area contributed by atoms with Crippen molar-refractivity contribution in [2.24, 2.45) is 0 Å². The number of urea groups is 1. The van der Waals surface area contributed by atoms with Gasteiger partial charge < -0.3 is 15.6 Å². The Labute approximate surface area is 190 Å². The number of nitrogens with one attached hydrogen (secondary N) is 3. The summed E-state index contributed by atoms with van der Waals surface area (Å²) in [6.45, 7) is 1.78. The van der Waals surface area contributed by atoms with Gasteiger partial charge in [0, 0.05) is 18.3 Å². The normalized spacial score (nSPS) is 18.2. The van der Waals surface area contributed by atoms with Crippen molar-refractivity contribution in [3.63, 3.8) is 0 Å². The van der Waals surface area contributed by atoms with E-state index in [-0.39, 0.29) is 12.5 Å². The van der Waals surface area contributed by atoms with E-state index in [1.807, 2.05) is 66.9 Å². The molecule has 166 valence electrons. The highest BCUT2D eigenvalue weighted by molar-refractivity contribution is 6.09.